The van der Waals surface area contributed by atoms with Gasteiger partial charge in [0, 0.05) is 17.0 Å². The molecule has 3 nitrogen and oxygen atoms in total. The Kier molecular flexibility index (Phi) is 4.30. The van der Waals surface area contributed by atoms with E-state index in [1.54, 1.807) is 11.3 Å². The van der Waals surface area contributed by atoms with Gasteiger partial charge < -0.3 is 5.73 Å². The molecule has 23 heavy (non-hydrogen) atoms. The lowest BCUT2D eigenvalue weighted by molar-refractivity contribution is 0.590. The maximum Gasteiger partial charge on any atom is 0.194 e. The average molecular weight is 327 g/mol. The van der Waals surface area contributed by atoms with Crippen molar-refractivity contribution in [1.29, 1.82) is 0 Å². The van der Waals surface area contributed by atoms with E-state index in [0.717, 1.165) is 17.8 Å². The van der Waals surface area contributed by atoms with Gasteiger partial charge in [0.05, 0.1) is 11.9 Å². The highest BCUT2D eigenvalue weighted by Gasteiger charge is 2.18. The first kappa shape index (κ1) is 16.2. The van der Waals surface area contributed by atoms with E-state index in [2.05, 4.69) is 61.3 Å². The van der Waals surface area contributed by atoms with Gasteiger partial charge in [-0.05, 0) is 29.5 Å². The van der Waals surface area contributed by atoms with Crippen LogP contribution >= 0.6 is 11.3 Å². The zero-order chi connectivity index (χ0) is 16.6. The van der Waals surface area contributed by atoms with Gasteiger partial charge in [0.25, 0.3) is 0 Å². The lowest BCUT2D eigenvalue weighted by atomic mass is 9.86. The monoisotopic (exact) mass is 327 g/mol. The van der Waals surface area contributed by atoms with Crippen LogP contribution in [0.5, 0.6) is 0 Å². The first-order valence-electron chi connectivity index (χ1n) is 8.24. The Hall–Kier alpha value is -1.65. The Balaban J connectivity index is 2.15. The van der Waals surface area contributed by atoms with E-state index in [-0.39, 0.29) is 5.41 Å². The van der Waals surface area contributed by atoms with Gasteiger partial charge in [-0.1, -0.05) is 52.0 Å². The Morgan fingerprint density at radius 3 is 2.43 bits per heavy atom. The molecule has 3 aromatic rings. The molecule has 3 rings (SSSR count). The molecule has 0 atom stereocenters. The molecule has 0 aliphatic rings. The van der Waals surface area contributed by atoms with E-state index < -0.39 is 0 Å². The summed E-state index contributed by atoms with van der Waals surface area (Å²) in [7, 11) is 0. The molecule has 1 aromatic carbocycles. The van der Waals surface area contributed by atoms with Gasteiger partial charge >= 0.3 is 0 Å². The summed E-state index contributed by atoms with van der Waals surface area (Å²) >= 11 is 1.79. The molecule has 0 radical (unpaired) electrons. The fourth-order valence-corrected chi connectivity index (χ4v) is 4.02. The van der Waals surface area contributed by atoms with Crippen LogP contribution < -0.4 is 5.73 Å². The largest absolute Gasteiger partial charge is 0.330 e. The summed E-state index contributed by atoms with van der Waals surface area (Å²) < 4.78 is 2.29. The maximum absolute atomic E-state index is 5.77. The van der Waals surface area contributed by atoms with Crippen molar-refractivity contribution < 1.29 is 0 Å². The summed E-state index contributed by atoms with van der Waals surface area (Å²) in [5.74, 6) is 0. The molecule has 0 spiro atoms. The number of hydrogen-bond donors (Lipinski definition) is 1. The summed E-state index contributed by atoms with van der Waals surface area (Å²) in [4.78, 5) is 7.03. The van der Waals surface area contributed by atoms with Gasteiger partial charge in [-0.25, -0.2) is 4.98 Å². The normalized spacial score (nSPS) is 12.2. The zero-order valence-electron chi connectivity index (χ0n) is 14.4. The van der Waals surface area contributed by atoms with Crippen molar-refractivity contribution in [3.8, 4) is 11.3 Å². The minimum atomic E-state index is 0.176. The van der Waals surface area contributed by atoms with Gasteiger partial charge in [0.15, 0.2) is 4.96 Å². The Labute approximate surface area is 142 Å². The molecule has 0 bridgehead atoms. The van der Waals surface area contributed by atoms with Crippen molar-refractivity contribution in [2.24, 2.45) is 5.73 Å². The molecular formula is C19H25N3S. The SMILES string of the molecule is CCc1sc2ncc(CCN)n2c1-c1ccc(C(C)(C)C)cc1. The van der Waals surface area contributed by atoms with Crippen LogP contribution in [0.4, 0.5) is 0 Å². The van der Waals surface area contributed by atoms with Gasteiger partial charge in [0.2, 0.25) is 0 Å². The lowest BCUT2D eigenvalue weighted by Crippen LogP contribution is -2.10. The molecule has 0 aliphatic carbocycles. The second-order valence-corrected chi connectivity index (χ2v) is 8.02. The van der Waals surface area contributed by atoms with Crippen LogP contribution in [-0.4, -0.2) is 15.9 Å². The van der Waals surface area contributed by atoms with E-state index in [0.29, 0.717) is 6.54 Å². The fourth-order valence-electron chi connectivity index (χ4n) is 2.94. The van der Waals surface area contributed by atoms with Gasteiger partial charge in [-0.15, -0.1) is 11.3 Å². The summed E-state index contributed by atoms with van der Waals surface area (Å²) in [6.07, 6.45) is 3.84. The van der Waals surface area contributed by atoms with Gasteiger partial charge in [-0.3, -0.25) is 4.40 Å². The highest BCUT2D eigenvalue weighted by molar-refractivity contribution is 7.17. The van der Waals surface area contributed by atoms with Gasteiger partial charge in [-0.2, -0.15) is 0 Å². The van der Waals surface area contributed by atoms with Crippen LogP contribution in [-0.2, 0) is 18.3 Å². The van der Waals surface area contributed by atoms with Crippen LogP contribution in [0.1, 0.15) is 43.8 Å². The second-order valence-electron chi connectivity index (χ2n) is 6.96. The number of aromatic nitrogens is 2. The number of nitrogens with zero attached hydrogens (tertiary/aromatic N) is 2. The molecule has 0 amide bonds. The lowest BCUT2D eigenvalue weighted by Gasteiger charge is -2.19. The van der Waals surface area contributed by atoms with E-state index in [1.807, 2.05) is 6.20 Å². The molecule has 2 aromatic heterocycles. The van der Waals surface area contributed by atoms with Crippen molar-refractivity contribution in [2.45, 2.75) is 46.0 Å². The topological polar surface area (TPSA) is 43.3 Å². The standard InChI is InChI=1S/C19H25N3S/c1-5-16-17(13-6-8-14(9-7-13)19(2,3)4)22-15(10-11-20)12-21-18(22)23-16/h6-9,12H,5,10-11,20H2,1-4H3. The summed E-state index contributed by atoms with van der Waals surface area (Å²) in [5.41, 5.74) is 11.1. The molecule has 4 heteroatoms. The second kappa shape index (κ2) is 6.10. The third-order valence-electron chi connectivity index (χ3n) is 4.25. The summed E-state index contributed by atoms with van der Waals surface area (Å²) in [5, 5.41) is 0. The van der Waals surface area contributed by atoms with Crippen molar-refractivity contribution in [2.75, 3.05) is 6.54 Å². The van der Waals surface area contributed by atoms with Crippen molar-refractivity contribution in [3.63, 3.8) is 0 Å². The number of hydrogen-bond acceptors (Lipinski definition) is 3. The average Bonchev–Trinajstić information content (AvgIpc) is 3.06. The molecule has 0 saturated carbocycles. The molecule has 0 fully saturated rings. The highest BCUT2D eigenvalue weighted by Crippen LogP contribution is 2.34. The third-order valence-corrected chi connectivity index (χ3v) is 5.45. The van der Waals surface area contributed by atoms with Crippen molar-refractivity contribution >= 4 is 16.3 Å². The third kappa shape index (κ3) is 2.93. The molecule has 0 unspecified atom stereocenters. The van der Waals surface area contributed by atoms with Crippen molar-refractivity contribution in [1.82, 2.24) is 9.38 Å². The summed E-state index contributed by atoms with van der Waals surface area (Å²) in [6, 6.07) is 8.98. The number of aryl methyl sites for hydroxylation is 1. The smallest absolute Gasteiger partial charge is 0.194 e. The number of imidazole rings is 1. The zero-order valence-corrected chi connectivity index (χ0v) is 15.2. The Bertz CT molecular complexity index is 804. The minimum absolute atomic E-state index is 0.176. The number of thiazole rings is 1. The van der Waals surface area contributed by atoms with Crippen LogP contribution in [0.2, 0.25) is 0 Å². The Morgan fingerprint density at radius 2 is 1.87 bits per heavy atom. The quantitative estimate of drug-likeness (QED) is 0.770. The van der Waals surface area contributed by atoms with E-state index in [1.165, 1.54) is 27.4 Å². The predicted octanol–water partition coefficient (Wildman–Crippen LogP) is 4.42. The number of nitrogens with two attached hydrogens (primary N) is 1. The van der Waals surface area contributed by atoms with Crippen LogP contribution in [0.15, 0.2) is 30.5 Å². The number of benzene rings is 1. The fraction of sp³-hybridized carbons (Fsp3) is 0.421. The molecular weight excluding hydrogens is 302 g/mol. The first-order valence-corrected chi connectivity index (χ1v) is 9.06. The van der Waals surface area contributed by atoms with Crippen LogP contribution in [0.25, 0.3) is 16.2 Å². The maximum atomic E-state index is 5.77. The molecule has 2 heterocycles. The first-order chi connectivity index (χ1) is 11.0. The molecule has 0 saturated heterocycles. The molecule has 0 aliphatic heterocycles. The summed E-state index contributed by atoms with van der Waals surface area (Å²) in [6.45, 7) is 9.60. The molecule has 2 N–H and O–H groups in total. The minimum Gasteiger partial charge on any atom is -0.330 e. The predicted molar refractivity (Wildman–Crippen MR) is 99.3 cm³/mol. The highest BCUT2D eigenvalue weighted by atomic mass is 32.1. The van der Waals surface area contributed by atoms with Gasteiger partial charge in [0.1, 0.15) is 0 Å². The van der Waals surface area contributed by atoms with Crippen LogP contribution in [0.3, 0.4) is 0 Å². The van der Waals surface area contributed by atoms with E-state index in [9.17, 15) is 0 Å². The van der Waals surface area contributed by atoms with E-state index >= 15 is 0 Å². The van der Waals surface area contributed by atoms with Crippen molar-refractivity contribution in [3.05, 3.63) is 46.6 Å². The van der Waals surface area contributed by atoms with Crippen LogP contribution in [0, 0.1) is 0 Å². The van der Waals surface area contributed by atoms with E-state index in [4.69, 9.17) is 5.73 Å². The number of fused-ring (bicyclic) bond motifs is 1. The molecule has 122 valence electrons. The number of rotatable bonds is 4. The Morgan fingerprint density at radius 1 is 1.17 bits per heavy atom.